The smallest absolute Gasteiger partial charge is 0.416 e. The fourth-order valence-corrected chi connectivity index (χ4v) is 2.26. The van der Waals surface area contributed by atoms with E-state index in [-0.39, 0.29) is 11.3 Å². The summed E-state index contributed by atoms with van der Waals surface area (Å²) >= 11 is 0. The summed E-state index contributed by atoms with van der Waals surface area (Å²) in [6, 6.07) is 4.76. The molecular weight excluding hydrogens is 273 g/mol. The van der Waals surface area contributed by atoms with E-state index >= 15 is 0 Å². The maximum atomic E-state index is 13.0. The molecule has 0 aliphatic carbocycles. The van der Waals surface area contributed by atoms with Crippen LogP contribution >= 0.6 is 0 Å². The van der Waals surface area contributed by atoms with Crippen LogP contribution in [0.5, 0.6) is 0 Å². The molecule has 110 valence electrons. The number of hydrogen-bond donors (Lipinski definition) is 1. The van der Waals surface area contributed by atoms with Gasteiger partial charge in [0.25, 0.3) is 6.17 Å². The average Bonchev–Trinajstić information content (AvgIpc) is 2.50. The van der Waals surface area contributed by atoms with Crippen molar-refractivity contribution in [3.63, 3.8) is 0 Å². The molecule has 1 aliphatic rings. The van der Waals surface area contributed by atoms with Crippen molar-refractivity contribution in [1.82, 2.24) is 5.06 Å². The second-order valence-electron chi connectivity index (χ2n) is 5.27. The van der Waals surface area contributed by atoms with Gasteiger partial charge in [-0.05, 0) is 19.9 Å². The van der Waals surface area contributed by atoms with E-state index in [0.29, 0.717) is 9.80 Å². The second-order valence-corrected chi connectivity index (χ2v) is 5.27. The number of hydrogen-bond acceptors (Lipinski definition) is 3. The molecule has 20 heavy (non-hydrogen) atoms. The third kappa shape index (κ3) is 2.06. The predicted molar refractivity (Wildman–Crippen MR) is 66.2 cm³/mol. The summed E-state index contributed by atoms with van der Waals surface area (Å²) in [6.45, 7) is 4.64. The molecule has 1 heterocycles. The first-order valence-corrected chi connectivity index (χ1v) is 6.03. The lowest BCUT2D eigenvalue weighted by atomic mass is 9.99. The van der Waals surface area contributed by atoms with Gasteiger partial charge < -0.3 is 10.4 Å². The maximum Gasteiger partial charge on any atom is 0.416 e. The second kappa shape index (κ2) is 4.46. The quantitative estimate of drug-likeness (QED) is 0.638. The number of rotatable bonds is 1. The highest BCUT2D eigenvalue weighted by Gasteiger charge is 2.52. The summed E-state index contributed by atoms with van der Waals surface area (Å²) in [5.74, 6) is 0. The Balaban J connectivity index is 2.60. The van der Waals surface area contributed by atoms with Gasteiger partial charge in [-0.25, -0.2) is 0 Å². The SMILES string of the molecule is CC1=[N+]([O-])C(c2ccccc2C(F)(F)F)N(O)C1(C)C. The van der Waals surface area contributed by atoms with Gasteiger partial charge >= 0.3 is 6.18 Å². The van der Waals surface area contributed by atoms with Gasteiger partial charge in [-0.2, -0.15) is 17.9 Å². The Morgan fingerprint density at radius 2 is 1.85 bits per heavy atom. The summed E-state index contributed by atoms with van der Waals surface area (Å²) in [4.78, 5) is 0. The topological polar surface area (TPSA) is 49.5 Å². The van der Waals surface area contributed by atoms with Gasteiger partial charge in [0.1, 0.15) is 5.54 Å². The highest BCUT2D eigenvalue weighted by Crippen LogP contribution is 2.40. The van der Waals surface area contributed by atoms with Crippen molar-refractivity contribution in [2.24, 2.45) is 0 Å². The molecule has 1 atom stereocenters. The largest absolute Gasteiger partial charge is 0.622 e. The Labute approximate surface area is 114 Å². The standard InChI is InChI=1S/C13H15F3N2O2/c1-8-12(2,3)18(20)11(17(8)19)9-6-4-5-7-10(9)13(14,15)16/h4-7,11,20H,1-3H3. The van der Waals surface area contributed by atoms with Crippen LogP contribution in [0, 0.1) is 5.21 Å². The van der Waals surface area contributed by atoms with Crippen molar-refractivity contribution in [2.75, 3.05) is 0 Å². The Kier molecular flexibility index (Phi) is 3.30. The van der Waals surface area contributed by atoms with E-state index in [9.17, 15) is 23.6 Å². The van der Waals surface area contributed by atoms with Crippen LogP contribution in [0.2, 0.25) is 0 Å². The lowest BCUT2D eigenvalue weighted by Gasteiger charge is -2.26. The maximum absolute atomic E-state index is 13.0. The minimum Gasteiger partial charge on any atom is -0.622 e. The molecule has 1 aromatic rings. The lowest BCUT2D eigenvalue weighted by Crippen LogP contribution is -2.43. The highest BCUT2D eigenvalue weighted by atomic mass is 19.4. The first kappa shape index (κ1) is 14.8. The van der Waals surface area contributed by atoms with Gasteiger partial charge in [-0.1, -0.05) is 18.2 Å². The third-order valence-corrected chi connectivity index (χ3v) is 3.79. The lowest BCUT2D eigenvalue weighted by molar-refractivity contribution is -0.545. The Hall–Kier alpha value is -1.60. The summed E-state index contributed by atoms with van der Waals surface area (Å²) < 4.78 is 39.5. The first-order valence-electron chi connectivity index (χ1n) is 6.03. The molecule has 0 fully saturated rings. The fourth-order valence-electron chi connectivity index (χ4n) is 2.26. The van der Waals surface area contributed by atoms with Crippen molar-refractivity contribution >= 4 is 5.71 Å². The van der Waals surface area contributed by atoms with Gasteiger partial charge in [0.15, 0.2) is 5.71 Å². The van der Waals surface area contributed by atoms with Gasteiger partial charge in [0.2, 0.25) is 0 Å². The fraction of sp³-hybridized carbons (Fsp3) is 0.462. The molecule has 4 nitrogen and oxygen atoms in total. The molecule has 0 aromatic heterocycles. The molecule has 1 N–H and O–H groups in total. The van der Waals surface area contributed by atoms with Crippen molar-refractivity contribution in [1.29, 1.82) is 0 Å². The van der Waals surface area contributed by atoms with E-state index in [1.165, 1.54) is 25.1 Å². The molecule has 0 radical (unpaired) electrons. The van der Waals surface area contributed by atoms with E-state index < -0.39 is 23.4 Å². The first-order chi connectivity index (χ1) is 9.08. The van der Waals surface area contributed by atoms with Gasteiger partial charge in [-0.3, -0.25) is 0 Å². The van der Waals surface area contributed by atoms with Crippen molar-refractivity contribution < 1.29 is 23.1 Å². The molecule has 0 amide bonds. The summed E-state index contributed by atoms with van der Waals surface area (Å²) in [7, 11) is 0. The van der Waals surface area contributed by atoms with Crippen LogP contribution in [0.3, 0.4) is 0 Å². The Bertz CT molecular complexity index is 567. The van der Waals surface area contributed by atoms with Crippen molar-refractivity contribution in [2.45, 2.75) is 38.7 Å². The monoisotopic (exact) mass is 288 g/mol. The molecule has 1 aromatic carbocycles. The van der Waals surface area contributed by atoms with Crippen LogP contribution in [-0.4, -0.2) is 26.3 Å². The zero-order chi connectivity index (χ0) is 15.3. The molecule has 0 saturated heterocycles. The minimum absolute atomic E-state index is 0.252. The number of alkyl halides is 3. The van der Waals surface area contributed by atoms with E-state index in [1.807, 2.05) is 0 Å². The van der Waals surface area contributed by atoms with Crippen LogP contribution in [0.4, 0.5) is 13.2 Å². The minimum atomic E-state index is -4.58. The third-order valence-electron chi connectivity index (χ3n) is 3.79. The van der Waals surface area contributed by atoms with E-state index in [2.05, 4.69) is 0 Å². The van der Waals surface area contributed by atoms with E-state index in [4.69, 9.17) is 0 Å². The molecule has 7 heteroatoms. The van der Waals surface area contributed by atoms with Crippen LogP contribution in [0.15, 0.2) is 24.3 Å². The Morgan fingerprint density at radius 3 is 2.30 bits per heavy atom. The van der Waals surface area contributed by atoms with Crippen molar-refractivity contribution in [3.05, 3.63) is 40.6 Å². The summed E-state index contributed by atoms with van der Waals surface area (Å²) in [6.07, 6.45) is -5.98. The molecule has 2 rings (SSSR count). The van der Waals surface area contributed by atoms with E-state index in [1.54, 1.807) is 13.8 Å². The molecule has 0 bridgehead atoms. The Morgan fingerprint density at radius 1 is 1.30 bits per heavy atom. The van der Waals surface area contributed by atoms with E-state index in [0.717, 1.165) is 6.07 Å². The average molecular weight is 288 g/mol. The van der Waals surface area contributed by atoms with Crippen LogP contribution in [0.1, 0.15) is 38.1 Å². The molecule has 0 spiro atoms. The van der Waals surface area contributed by atoms with Gasteiger partial charge in [0.05, 0.1) is 11.1 Å². The summed E-state index contributed by atoms with van der Waals surface area (Å²) in [5.41, 5.74) is -1.95. The number of nitrogens with zero attached hydrogens (tertiary/aromatic N) is 2. The van der Waals surface area contributed by atoms with Crippen LogP contribution < -0.4 is 0 Å². The molecular formula is C13H15F3N2O2. The number of hydroxylamine groups is 3. The number of benzene rings is 1. The molecule has 1 unspecified atom stereocenters. The van der Waals surface area contributed by atoms with Gasteiger partial charge in [0, 0.05) is 6.92 Å². The predicted octanol–water partition coefficient (Wildman–Crippen LogP) is 3.16. The zero-order valence-electron chi connectivity index (χ0n) is 11.3. The van der Waals surface area contributed by atoms with Crippen LogP contribution in [0.25, 0.3) is 0 Å². The highest BCUT2D eigenvalue weighted by molar-refractivity contribution is 5.87. The molecule has 1 aliphatic heterocycles. The van der Waals surface area contributed by atoms with Gasteiger partial charge in [-0.15, -0.1) is 5.06 Å². The van der Waals surface area contributed by atoms with Crippen LogP contribution in [-0.2, 0) is 6.18 Å². The zero-order valence-corrected chi connectivity index (χ0v) is 11.3. The van der Waals surface area contributed by atoms with Crippen molar-refractivity contribution in [3.8, 4) is 0 Å². The molecule has 0 saturated carbocycles. The normalized spacial score (nSPS) is 23.4. The number of halogens is 3. The summed E-state index contributed by atoms with van der Waals surface area (Å²) in [5, 5.41) is 22.9.